The molecule has 0 aliphatic carbocycles. The number of fused-ring (bicyclic) bond motifs is 1. The van der Waals surface area contributed by atoms with Crippen molar-refractivity contribution < 1.29 is 49.0 Å². The number of ketones is 1. The lowest BCUT2D eigenvalue weighted by Crippen LogP contribution is -2.49. The zero-order chi connectivity index (χ0) is 25.2. The van der Waals surface area contributed by atoms with E-state index in [-0.39, 0.29) is 34.8 Å². The lowest BCUT2D eigenvalue weighted by molar-refractivity contribution is -0.0173. The molecule has 0 atom stereocenters. The van der Waals surface area contributed by atoms with Crippen LogP contribution in [0, 0.1) is 5.41 Å². The van der Waals surface area contributed by atoms with Crippen molar-refractivity contribution in [2.24, 2.45) is 5.41 Å². The van der Waals surface area contributed by atoms with Crippen LogP contribution in [0.1, 0.15) is 31.1 Å². The van der Waals surface area contributed by atoms with Gasteiger partial charge in [-0.3, -0.25) is 4.79 Å². The van der Waals surface area contributed by atoms with Crippen LogP contribution in [0.5, 0.6) is 28.7 Å². The van der Waals surface area contributed by atoms with Crippen molar-refractivity contribution in [3.63, 3.8) is 0 Å². The van der Waals surface area contributed by atoms with Crippen LogP contribution >= 0.6 is 0 Å². The molecule has 0 fully saturated rings. The fourth-order valence-electron chi connectivity index (χ4n) is 3.55. The van der Waals surface area contributed by atoms with E-state index in [9.17, 15) is 34.8 Å². The van der Waals surface area contributed by atoms with E-state index in [1.54, 1.807) is 18.2 Å². The van der Waals surface area contributed by atoms with Crippen LogP contribution in [-0.4, -0.2) is 58.0 Å². The molecule has 4 rings (SSSR count). The van der Waals surface area contributed by atoms with Gasteiger partial charge in [-0.25, -0.2) is 9.59 Å². The van der Waals surface area contributed by atoms with Gasteiger partial charge in [0.2, 0.25) is 0 Å². The lowest BCUT2D eigenvalue weighted by atomic mass is 9.80. The highest BCUT2D eigenvalue weighted by molar-refractivity contribution is 6.04. The van der Waals surface area contributed by atoms with Gasteiger partial charge in [0.15, 0.2) is 5.78 Å². The number of carbonyl (C=O) groups excluding carboxylic acids is 3. The van der Waals surface area contributed by atoms with Gasteiger partial charge in [-0.15, -0.1) is 0 Å². The SMILES string of the molecule is O=C(OCC1(COC(=O)c2ccc(O)cc2O)COc2ccccc2C1=O)c1ccc(O)cc1O. The predicted molar refractivity (Wildman–Crippen MR) is 119 cm³/mol. The zero-order valence-corrected chi connectivity index (χ0v) is 18.1. The highest BCUT2D eigenvalue weighted by Crippen LogP contribution is 2.36. The van der Waals surface area contributed by atoms with Crippen LogP contribution in [0.3, 0.4) is 0 Å². The Balaban J connectivity index is 1.58. The van der Waals surface area contributed by atoms with E-state index < -0.39 is 47.8 Å². The van der Waals surface area contributed by atoms with Crippen LogP contribution in [0.15, 0.2) is 60.7 Å². The fraction of sp³-hybridized carbons (Fsp3) is 0.160. The average Bonchev–Trinajstić information content (AvgIpc) is 2.83. The number of phenols is 4. The van der Waals surface area contributed by atoms with Crippen molar-refractivity contribution in [1.29, 1.82) is 0 Å². The minimum absolute atomic E-state index is 0.200. The lowest BCUT2D eigenvalue weighted by Gasteiger charge is -2.35. The Hall–Kier alpha value is -4.73. The number of ether oxygens (including phenoxy) is 3. The van der Waals surface area contributed by atoms with Gasteiger partial charge in [-0.05, 0) is 36.4 Å². The number of carbonyl (C=O) groups is 3. The molecule has 0 amide bonds. The first-order chi connectivity index (χ1) is 16.7. The van der Waals surface area contributed by atoms with E-state index in [1.165, 1.54) is 18.2 Å². The molecular formula is C25H20O10. The van der Waals surface area contributed by atoms with Gasteiger partial charge < -0.3 is 34.6 Å². The summed E-state index contributed by atoms with van der Waals surface area (Å²) in [6.45, 7) is -1.41. The van der Waals surface area contributed by atoms with Gasteiger partial charge in [0.05, 0.1) is 5.56 Å². The highest BCUT2D eigenvalue weighted by atomic mass is 16.6. The Bertz CT molecular complexity index is 1250. The Morgan fingerprint density at radius 3 is 1.83 bits per heavy atom. The zero-order valence-electron chi connectivity index (χ0n) is 18.1. The quantitative estimate of drug-likeness (QED) is 0.386. The molecule has 10 nitrogen and oxygen atoms in total. The first kappa shape index (κ1) is 23.4. The summed E-state index contributed by atoms with van der Waals surface area (Å²) in [4.78, 5) is 38.6. The highest BCUT2D eigenvalue weighted by Gasteiger charge is 2.47. The molecule has 0 bridgehead atoms. The number of hydrogen-bond donors (Lipinski definition) is 4. The van der Waals surface area contributed by atoms with E-state index >= 15 is 0 Å². The van der Waals surface area contributed by atoms with E-state index in [4.69, 9.17) is 14.2 Å². The van der Waals surface area contributed by atoms with Gasteiger partial charge in [-0.1, -0.05) is 12.1 Å². The summed E-state index contributed by atoms with van der Waals surface area (Å²) in [6, 6.07) is 13.0. The number of rotatable bonds is 6. The molecule has 0 unspecified atom stereocenters. The molecule has 10 heteroatoms. The number of phenolic OH excluding ortho intramolecular Hbond substituents is 4. The summed E-state index contributed by atoms with van der Waals surface area (Å²) in [6.07, 6.45) is 0. The Morgan fingerprint density at radius 2 is 1.31 bits per heavy atom. The topological polar surface area (TPSA) is 160 Å². The van der Waals surface area contributed by atoms with Crippen LogP contribution in [0.2, 0.25) is 0 Å². The van der Waals surface area contributed by atoms with Crippen molar-refractivity contribution in [3.05, 3.63) is 77.4 Å². The summed E-state index contributed by atoms with van der Waals surface area (Å²) < 4.78 is 16.3. The van der Waals surface area contributed by atoms with Crippen LogP contribution < -0.4 is 4.74 Å². The minimum atomic E-state index is -1.63. The number of hydrogen-bond acceptors (Lipinski definition) is 10. The molecule has 3 aromatic carbocycles. The van der Waals surface area contributed by atoms with E-state index in [2.05, 4.69) is 0 Å². The summed E-state index contributed by atoms with van der Waals surface area (Å²) >= 11 is 0. The van der Waals surface area contributed by atoms with Crippen LogP contribution in [-0.2, 0) is 9.47 Å². The van der Waals surface area contributed by atoms with Crippen molar-refractivity contribution in [2.75, 3.05) is 19.8 Å². The molecule has 1 aliphatic heterocycles. The molecule has 4 N–H and O–H groups in total. The third kappa shape index (κ3) is 4.67. The molecule has 0 saturated heterocycles. The van der Waals surface area contributed by atoms with Gasteiger partial charge >= 0.3 is 11.9 Å². The largest absolute Gasteiger partial charge is 0.508 e. The first-order valence-electron chi connectivity index (χ1n) is 10.3. The normalized spacial score (nSPS) is 13.9. The Morgan fingerprint density at radius 1 is 0.800 bits per heavy atom. The number of esters is 2. The predicted octanol–water partition coefficient (Wildman–Crippen LogP) is 2.78. The molecule has 1 heterocycles. The minimum Gasteiger partial charge on any atom is -0.508 e. The van der Waals surface area contributed by atoms with Crippen molar-refractivity contribution >= 4 is 17.7 Å². The third-order valence-electron chi connectivity index (χ3n) is 5.48. The fourth-order valence-corrected chi connectivity index (χ4v) is 3.55. The molecule has 35 heavy (non-hydrogen) atoms. The summed E-state index contributed by atoms with van der Waals surface area (Å²) in [5.41, 5.74) is -1.91. The van der Waals surface area contributed by atoms with Crippen LogP contribution in [0.25, 0.3) is 0 Å². The molecular weight excluding hydrogens is 460 g/mol. The second kappa shape index (κ2) is 9.26. The van der Waals surface area contributed by atoms with Gasteiger partial charge in [0.1, 0.15) is 65.1 Å². The van der Waals surface area contributed by atoms with Crippen molar-refractivity contribution in [3.8, 4) is 28.7 Å². The van der Waals surface area contributed by atoms with E-state index in [0.717, 1.165) is 24.3 Å². The number of aromatic hydroxyl groups is 4. The molecule has 0 spiro atoms. The number of para-hydroxylation sites is 1. The van der Waals surface area contributed by atoms with E-state index in [1.807, 2.05) is 0 Å². The molecule has 1 aliphatic rings. The molecule has 0 aromatic heterocycles. The second-order valence-corrected chi connectivity index (χ2v) is 7.95. The molecule has 3 aromatic rings. The molecule has 0 saturated carbocycles. The standard InChI is InChI=1S/C25H20O10/c26-14-5-7-16(19(28)9-14)23(31)34-12-25(11-33-21-4-2-1-3-18(21)22(25)30)13-35-24(32)17-8-6-15(27)10-20(17)29/h1-10,26-29H,11-13H2. The van der Waals surface area contributed by atoms with Crippen molar-refractivity contribution in [2.45, 2.75) is 0 Å². The second-order valence-electron chi connectivity index (χ2n) is 7.95. The van der Waals surface area contributed by atoms with Gasteiger partial charge in [0, 0.05) is 12.1 Å². The smallest absolute Gasteiger partial charge is 0.341 e. The first-order valence-corrected chi connectivity index (χ1v) is 10.3. The van der Waals surface area contributed by atoms with Crippen molar-refractivity contribution in [1.82, 2.24) is 0 Å². The maximum atomic E-state index is 13.4. The van der Waals surface area contributed by atoms with Gasteiger partial charge in [0.25, 0.3) is 0 Å². The monoisotopic (exact) mass is 480 g/mol. The summed E-state index contributed by atoms with van der Waals surface area (Å²) in [7, 11) is 0. The van der Waals surface area contributed by atoms with Gasteiger partial charge in [-0.2, -0.15) is 0 Å². The average molecular weight is 480 g/mol. The van der Waals surface area contributed by atoms with E-state index in [0.29, 0.717) is 5.75 Å². The Kier molecular flexibility index (Phi) is 6.20. The van der Waals surface area contributed by atoms with Crippen LogP contribution in [0.4, 0.5) is 0 Å². The maximum Gasteiger partial charge on any atom is 0.341 e. The summed E-state index contributed by atoms with van der Waals surface area (Å²) in [5.74, 6) is -3.68. The summed E-state index contributed by atoms with van der Waals surface area (Å²) in [5, 5.41) is 38.7. The molecule has 0 radical (unpaired) electrons. The molecule has 180 valence electrons. The number of benzene rings is 3. The maximum absolute atomic E-state index is 13.4. The third-order valence-corrected chi connectivity index (χ3v) is 5.48. The Labute approximate surface area is 198 Å². The number of Topliss-reactive ketones (excluding diaryl/α,β-unsaturated/α-hetero) is 1.